The first-order valence-electron chi connectivity index (χ1n) is 3.43. The fourth-order valence-electron chi connectivity index (χ4n) is 1.13. The Morgan fingerprint density at radius 1 is 1.42 bits per heavy atom. The van der Waals surface area contributed by atoms with E-state index >= 15 is 0 Å². The van der Waals surface area contributed by atoms with Crippen molar-refractivity contribution in [2.75, 3.05) is 0 Å². The molecule has 0 radical (unpaired) electrons. The van der Waals surface area contributed by atoms with Crippen LogP contribution in [0.3, 0.4) is 0 Å². The molecule has 0 bridgehead atoms. The van der Waals surface area contributed by atoms with Crippen molar-refractivity contribution in [3.63, 3.8) is 0 Å². The lowest BCUT2D eigenvalue weighted by Crippen LogP contribution is -1.89. The van der Waals surface area contributed by atoms with Gasteiger partial charge in [0.2, 0.25) is 5.95 Å². The van der Waals surface area contributed by atoms with Gasteiger partial charge in [0.1, 0.15) is 0 Å². The molecule has 2 nitrogen and oxygen atoms in total. The minimum absolute atomic E-state index is 0.454. The molecule has 2 aromatic rings. The second-order valence-electron chi connectivity index (χ2n) is 2.35. The van der Waals surface area contributed by atoms with E-state index in [2.05, 4.69) is 11.1 Å². The Labute approximate surface area is 68.6 Å². The molecule has 0 N–H and O–H groups in total. The van der Waals surface area contributed by atoms with E-state index in [0.29, 0.717) is 10.9 Å². The topological polar surface area (TPSA) is 17.8 Å². The summed E-state index contributed by atoms with van der Waals surface area (Å²) in [4.78, 5) is 0. The molecule has 0 saturated heterocycles. The van der Waals surface area contributed by atoms with Crippen molar-refractivity contribution < 1.29 is 4.39 Å². The number of hydrogen-bond acceptors (Lipinski definition) is 1. The first-order chi connectivity index (χ1) is 5.83. The maximum absolute atomic E-state index is 13.0. The van der Waals surface area contributed by atoms with Crippen molar-refractivity contribution in [3.8, 4) is 12.5 Å². The first-order valence-corrected chi connectivity index (χ1v) is 3.43. The van der Waals surface area contributed by atoms with Crippen LogP contribution in [0.5, 0.6) is 0 Å². The lowest BCUT2D eigenvalue weighted by atomic mass is 10.2. The standard InChI is InChI=1S/C9H5FN2/c1-2-12-8-6-4-3-5-7(8)9(10)11-12/h1,3-6H. The van der Waals surface area contributed by atoms with Crippen molar-refractivity contribution in [1.29, 1.82) is 0 Å². The molecule has 0 amide bonds. The van der Waals surface area contributed by atoms with Crippen LogP contribution in [0.25, 0.3) is 10.9 Å². The molecule has 0 unspecified atom stereocenters. The van der Waals surface area contributed by atoms with Gasteiger partial charge in [-0.15, -0.1) is 5.10 Å². The van der Waals surface area contributed by atoms with Crippen LogP contribution in [0, 0.1) is 18.4 Å². The lowest BCUT2D eigenvalue weighted by Gasteiger charge is -1.88. The number of nitrogens with zero attached hydrogens (tertiary/aromatic N) is 2. The third-order valence-electron chi connectivity index (χ3n) is 1.66. The Morgan fingerprint density at radius 3 is 2.92 bits per heavy atom. The molecule has 0 aliphatic heterocycles. The number of halogens is 1. The number of para-hydroxylation sites is 1. The average molecular weight is 160 g/mol. The van der Waals surface area contributed by atoms with Gasteiger partial charge in [-0.2, -0.15) is 9.07 Å². The van der Waals surface area contributed by atoms with E-state index in [9.17, 15) is 4.39 Å². The Morgan fingerprint density at radius 2 is 2.17 bits per heavy atom. The van der Waals surface area contributed by atoms with E-state index in [1.165, 1.54) is 4.68 Å². The molecule has 0 saturated carbocycles. The number of hydrogen-bond donors (Lipinski definition) is 0. The Balaban J connectivity index is 2.94. The quantitative estimate of drug-likeness (QED) is 0.535. The molecule has 0 atom stereocenters. The minimum Gasteiger partial charge on any atom is -0.186 e. The minimum atomic E-state index is -0.524. The number of rotatable bonds is 0. The maximum Gasteiger partial charge on any atom is 0.241 e. The maximum atomic E-state index is 13.0. The van der Waals surface area contributed by atoms with E-state index in [4.69, 9.17) is 6.42 Å². The summed E-state index contributed by atoms with van der Waals surface area (Å²) in [5.41, 5.74) is 0.623. The van der Waals surface area contributed by atoms with Gasteiger partial charge in [-0.05, 0) is 12.1 Å². The highest BCUT2D eigenvalue weighted by Gasteiger charge is 2.06. The third-order valence-corrected chi connectivity index (χ3v) is 1.66. The highest BCUT2D eigenvalue weighted by Crippen LogP contribution is 2.15. The summed E-state index contributed by atoms with van der Waals surface area (Å²) in [6.07, 6.45) is 5.11. The van der Waals surface area contributed by atoms with Gasteiger partial charge in [-0.1, -0.05) is 18.6 Å². The molecule has 58 valence electrons. The first kappa shape index (κ1) is 6.86. The van der Waals surface area contributed by atoms with Crippen LogP contribution in [0.4, 0.5) is 4.39 Å². The van der Waals surface area contributed by atoms with Crippen LogP contribution in [-0.2, 0) is 0 Å². The van der Waals surface area contributed by atoms with Crippen LogP contribution < -0.4 is 0 Å². The summed E-state index contributed by atoms with van der Waals surface area (Å²) >= 11 is 0. The molecular weight excluding hydrogens is 155 g/mol. The Hall–Kier alpha value is -1.82. The zero-order chi connectivity index (χ0) is 8.55. The molecule has 0 aliphatic carbocycles. The Kier molecular flexibility index (Phi) is 1.34. The molecule has 0 aliphatic rings. The highest BCUT2D eigenvalue weighted by molar-refractivity contribution is 5.79. The fraction of sp³-hybridized carbons (Fsp3) is 0. The van der Waals surface area contributed by atoms with Gasteiger partial charge in [0.15, 0.2) is 0 Å². The zero-order valence-corrected chi connectivity index (χ0v) is 6.16. The number of benzene rings is 1. The normalized spacial score (nSPS) is 10.0. The van der Waals surface area contributed by atoms with E-state index in [0.717, 1.165) is 0 Å². The van der Waals surface area contributed by atoms with Gasteiger partial charge >= 0.3 is 0 Å². The van der Waals surface area contributed by atoms with Crippen LogP contribution in [-0.4, -0.2) is 9.78 Å². The van der Waals surface area contributed by atoms with Gasteiger partial charge in [0.25, 0.3) is 0 Å². The van der Waals surface area contributed by atoms with Crippen molar-refractivity contribution in [2.24, 2.45) is 0 Å². The monoisotopic (exact) mass is 160 g/mol. The van der Waals surface area contributed by atoms with Crippen molar-refractivity contribution in [1.82, 2.24) is 9.78 Å². The van der Waals surface area contributed by atoms with Gasteiger partial charge in [-0.25, -0.2) is 0 Å². The van der Waals surface area contributed by atoms with E-state index in [1.807, 2.05) is 0 Å². The van der Waals surface area contributed by atoms with E-state index < -0.39 is 5.95 Å². The van der Waals surface area contributed by atoms with Crippen LogP contribution >= 0.6 is 0 Å². The molecule has 0 fully saturated rings. The average Bonchev–Trinajstić information content (AvgIpc) is 2.44. The second kappa shape index (κ2) is 2.35. The van der Waals surface area contributed by atoms with Gasteiger partial charge in [0.05, 0.1) is 10.9 Å². The number of aromatic nitrogens is 2. The largest absolute Gasteiger partial charge is 0.241 e. The molecule has 0 spiro atoms. The summed E-state index contributed by atoms with van der Waals surface area (Å²) in [6.45, 7) is 0. The Bertz CT molecular complexity index is 465. The molecule has 1 aromatic carbocycles. The summed E-state index contributed by atoms with van der Waals surface area (Å²) in [6, 6.07) is 9.16. The zero-order valence-electron chi connectivity index (χ0n) is 6.16. The number of fused-ring (bicyclic) bond motifs is 1. The second-order valence-corrected chi connectivity index (χ2v) is 2.35. The van der Waals surface area contributed by atoms with Crippen molar-refractivity contribution >= 4 is 10.9 Å². The highest BCUT2D eigenvalue weighted by atomic mass is 19.1. The molecule has 1 heterocycles. The summed E-state index contributed by atoms with van der Waals surface area (Å²) < 4.78 is 14.2. The van der Waals surface area contributed by atoms with Crippen LogP contribution in [0.15, 0.2) is 24.3 Å². The van der Waals surface area contributed by atoms with Gasteiger partial charge in [0, 0.05) is 6.04 Å². The van der Waals surface area contributed by atoms with Crippen molar-refractivity contribution in [2.45, 2.75) is 0 Å². The van der Waals surface area contributed by atoms with Gasteiger partial charge < -0.3 is 0 Å². The molecular formula is C9H5FN2. The third kappa shape index (κ3) is 0.785. The summed E-state index contributed by atoms with van der Waals surface area (Å²) in [5, 5.41) is 3.98. The summed E-state index contributed by atoms with van der Waals surface area (Å²) in [5.74, 6) is -0.524. The molecule has 1 aromatic heterocycles. The molecule has 12 heavy (non-hydrogen) atoms. The van der Waals surface area contributed by atoms with Gasteiger partial charge in [-0.3, -0.25) is 0 Å². The van der Waals surface area contributed by atoms with E-state index in [1.54, 1.807) is 24.3 Å². The summed E-state index contributed by atoms with van der Waals surface area (Å²) in [7, 11) is 0. The number of terminal acetylenes is 1. The van der Waals surface area contributed by atoms with Crippen molar-refractivity contribution in [3.05, 3.63) is 30.2 Å². The smallest absolute Gasteiger partial charge is 0.186 e. The predicted molar refractivity (Wildman–Crippen MR) is 43.9 cm³/mol. The SMILES string of the molecule is C#Cn1nc(F)c2ccccc21. The van der Waals surface area contributed by atoms with Crippen LogP contribution in [0.2, 0.25) is 0 Å². The molecule has 2 rings (SSSR count). The predicted octanol–water partition coefficient (Wildman–Crippen LogP) is 1.61. The van der Waals surface area contributed by atoms with E-state index in [-0.39, 0.29) is 0 Å². The fourth-order valence-corrected chi connectivity index (χ4v) is 1.13. The molecule has 3 heteroatoms. The van der Waals surface area contributed by atoms with Crippen LogP contribution in [0.1, 0.15) is 0 Å². The lowest BCUT2D eigenvalue weighted by molar-refractivity contribution is 0.577.